The molecule has 186 valence electrons. The number of imidazole rings is 1. The van der Waals surface area contributed by atoms with E-state index in [2.05, 4.69) is 30.2 Å². The topological polar surface area (TPSA) is 143 Å². The van der Waals surface area contributed by atoms with Crippen molar-refractivity contribution in [3.63, 3.8) is 0 Å². The minimum Gasteiger partial charge on any atom is -0.473 e. The molecule has 0 fully saturated rings. The number of pyridine rings is 1. The van der Waals surface area contributed by atoms with Crippen molar-refractivity contribution in [2.45, 2.75) is 20.0 Å². The van der Waals surface area contributed by atoms with Gasteiger partial charge >= 0.3 is 0 Å². The third-order valence-electron chi connectivity index (χ3n) is 4.75. The van der Waals surface area contributed by atoms with Gasteiger partial charge < -0.3 is 15.0 Å². The second-order valence-electron chi connectivity index (χ2n) is 8.07. The molecular formula is C24H23FN6O4S. The fourth-order valence-corrected chi connectivity index (χ4v) is 3.40. The first-order chi connectivity index (χ1) is 17.1. The van der Waals surface area contributed by atoms with Crippen LogP contribution in [0.15, 0.2) is 61.1 Å². The maximum Gasteiger partial charge on any atom is 0.261 e. The molecule has 0 spiro atoms. The van der Waals surface area contributed by atoms with E-state index in [9.17, 15) is 12.8 Å². The summed E-state index contributed by atoms with van der Waals surface area (Å²) in [6.07, 6.45) is 3.98. The van der Waals surface area contributed by atoms with E-state index in [-0.39, 0.29) is 11.9 Å². The zero-order chi connectivity index (χ0) is 25.9. The molecule has 0 saturated carbocycles. The number of aromatic nitrogens is 5. The summed E-state index contributed by atoms with van der Waals surface area (Å²) in [5.41, 5.74) is 4.67. The van der Waals surface area contributed by atoms with Crippen LogP contribution in [0.4, 0.5) is 16.0 Å². The molecule has 0 aliphatic rings. The quantitative estimate of drug-likeness (QED) is 0.286. The van der Waals surface area contributed by atoms with Crippen LogP contribution >= 0.6 is 0 Å². The van der Waals surface area contributed by atoms with E-state index < -0.39 is 10.1 Å². The van der Waals surface area contributed by atoms with E-state index in [1.165, 1.54) is 12.1 Å². The van der Waals surface area contributed by atoms with Crippen molar-refractivity contribution < 1.29 is 22.1 Å². The van der Waals surface area contributed by atoms with Crippen LogP contribution in [0.3, 0.4) is 0 Å². The molecule has 3 N–H and O–H groups in total. The molecule has 0 radical (unpaired) electrons. The van der Waals surface area contributed by atoms with E-state index in [1.807, 2.05) is 38.1 Å². The van der Waals surface area contributed by atoms with Gasteiger partial charge in [0, 0.05) is 17.3 Å². The number of nitrogens with zero attached hydrogens (tertiary/aromatic N) is 4. The van der Waals surface area contributed by atoms with E-state index >= 15 is 0 Å². The lowest BCUT2D eigenvalue weighted by molar-refractivity contribution is 0.235. The highest BCUT2D eigenvalue weighted by molar-refractivity contribution is 7.85. The number of ether oxygens (including phenoxy) is 1. The van der Waals surface area contributed by atoms with Crippen LogP contribution in [-0.2, 0) is 10.1 Å². The van der Waals surface area contributed by atoms with Crippen molar-refractivity contribution in [3.05, 3.63) is 66.9 Å². The molecule has 10 nitrogen and oxygen atoms in total. The van der Waals surface area contributed by atoms with Crippen molar-refractivity contribution in [2.24, 2.45) is 0 Å². The van der Waals surface area contributed by atoms with E-state index in [0.29, 0.717) is 29.2 Å². The lowest BCUT2D eigenvalue weighted by Crippen LogP contribution is -2.09. The Morgan fingerprint density at radius 3 is 2.47 bits per heavy atom. The van der Waals surface area contributed by atoms with Gasteiger partial charge in [0.05, 0.1) is 24.2 Å². The molecule has 0 amide bonds. The largest absolute Gasteiger partial charge is 0.473 e. The Bertz CT molecular complexity index is 1610. The van der Waals surface area contributed by atoms with Crippen LogP contribution in [0.25, 0.3) is 33.2 Å². The Balaban J connectivity index is 0.000000556. The fraction of sp³-hybridized carbons (Fsp3) is 0.167. The van der Waals surface area contributed by atoms with E-state index in [0.717, 1.165) is 27.7 Å². The number of nitrogens with one attached hydrogen (secondary N) is 2. The summed E-state index contributed by atoms with van der Waals surface area (Å²) in [6, 6.07) is 14.1. The summed E-state index contributed by atoms with van der Waals surface area (Å²) in [6.45, 7) is 3.86. The summed E-state index contributed by atoms with van der Waals surface area (Å²) >= 11 is 0. The van der Waals surface area contributed by atoms with Gasteiger partial charge in [0.2, 0.25) is 11.8 Å². The third-order valence-corrected chi connectivity index (χ3v) is 4.75. The zero-order valence-corrected chi connectivity index (χ0v) is 20.4. The standard InChI is InChI=1S/C23H19FN6O.CH4O3S/c1-13(2)31-22-20-21(27-12-26-20)29-23(30-22)28-16-7-8-19-18(11-16)17(9-10-25-19)14-3-5-15(24)6-4-14;1-5(2,3)4/h3-13H,1-2H3,(H2,26,27,28,29,30);1H3,(H,2,3,4). The maximum absolute atomic E-state index is 13.4. The minimum atomic E-state index is -3.67. The Morgan fingerprint density at radius 1 is 1.06 bits per heavy atom. The number of H-pyrrole nitrogens is 1. The highest BCUT2D eigenvalue weighted by atomic mass is 32.2. The average Bonchev–Trinajstić information content (AvgIpc) is 3.27. The van der Waals surface area contributed by atoms with Gasteiger partial charge in [-0.3, -0.25) is 9.54 Å². The van der Waals surface area contributed by atoms with Crippen LogP contribution in [-0.4, -0.2) is 50.3 Å². The van der Waals surface area contributed by atoms with Crippen LogP contribution in [0.1, 0.15) is 13.8 Å². The SMILES string of the molecule is CC(C)Oc1nc(Nc2ccc3nccc(-c4ccc(F)cc4)c3c2)nc2[nH]cnc12.CS(=O)(=O)O. The Morgan fingerprint density at radius 2 is 1.78 bits per heavy atom. The number of hydrogen-bond donors (Lipinski definition) is 3. The molecule has 2 aromatic carbocycles. The second kappa shape index (κ2) is 10.2. The Hall–Kier alpha value is -4.16. The molecular weight excluding hydrogens is 487 g/mol. The van der Waals surface area contributed by atoms with Gasteiger partial charge in [-0.25, -0.2) is 9.37 Å². The summed E-state index contributed by atoms with van der Waals surface area (Å²) in [7, 11) is -3.67. The fourth-order valence-electron chi connectivity index (χ4n) is 3.40. The smallest absolute Gasteiger partial charge is 0.261 e. The molecule has 3 heterocycles. The number of rotatable bonds is 5. The number of hydrogen-bond acceptors (Lipinski definition) is 8. The number of fused-ring (bicyclic) bond motifs is 2. The number of aromatic amines is 1. The Labute approximate surface area is 206 Å². The predicted octanol–water partition coefficient (Wildman–Crippen LogP) is 4.74. The third kappa shape index (κ3) is 6.29. The predicted molar refractivity (Wildman–Crippen MR) is 135 cm³/mol. The highest BCUT2D eigenvalue weighted by Gasteiger charge is 2.14. The molecule has 0 atom stereocenters. The molecule has 0 aliphatic carbocycles. The summed E-state index contributed by atoms with van der Waals surface area (Å²) < 4.78 is 45.0. The minimum absolute atomic E-state index is 0.0485. The van der Waals surface area contributed by atoms with Crippen LogP contribution in [0, 0.1) is 5.82 Å². The van der Waals surface area contributed by atoms with Gasteiger partial charge in [0.25, 0.3) is 10.1 Å². The van der Waals surface area contributed by atoms with Crippen molar-refractivity contribution in [2.75, 3.05) is 11.6 Å². The van der Waals surface area contributed by atoms with Crippen molar-refractivity contribution in [3.8, 4) is 17.0 Å². The molecule has 0 unspecified atom stereocenters. The summed E-state index contributed by atoms with van der Waals surface area (Å²) in [5.74, 6) is 0.535. The molecule has 0 bridgehead atoms. The van der Waals surface area contributed by atoms with Crippen LogP contribution in [0.5, 0.6) is 5.88 Å². The first-order valence-corrected chi connectivity index (χ1v) is 12.6. The molecule has 0 aliphatic heterocycles. The normalized spacial score (nSPS) is 11.4. The summed E-state index contributed by atoms with van der Waals surface area (Å²) in [5, 5.41) is 4.17. The number of benzene rings is 2. The van der Waals surface area contributed by atoms with Gasteiger partial charge in [0.15, 0.2) is 11.2 Å². The zero-order valence-electron chi connectivity index (χ0n) is 19.6. The van der Waals surface area contributed by atoms with E-state index in [1.54, 1.807) is 24.7 Å². The van der Waals surface area contributed by atoms with Crippen LogP contribution in [0.2, 0.25) is 0 Å². The lowest BCUT2D eigenvalue weighted by atomic mass is 10.0. The number of halogens is 1. The van der Waals surface area contributed by atoms with E-state index in [4.69, 9.17) is 9.29 Å². The van der Waals surface area contributed by atoms with Gasteiger partial charge in [-0.1, -0.05) is 12.1 Å². The van der Waals surface area contributed by atoms with Gasteiger partial charge in [-0.15, -0.1) is 0 Å². The molecule has 12 heteroatoms. The lowest BCUT2D eigenvalue weighted by Gasteiger charge is -2.12. The molecule has 5 aromatic rings. The molecule has 0 saturated heterocycles. The first kappa shape index (κ1) is 24.9. The maximum atomic E-state index is 13.4. The summed E-state index contributed by atoms with van der Waals surface area (Å²) in [4.78, 5) is 20.7. The Kier molecular flexibility index (Phi) is 7.08. The second-order valence-corrected chi connectivity index (χ2v) is 9.54. The van der Waals surface area contributed by atoms with Gasteiger partial charge in [-0.2, -0.15) is 18.4 Å². The van der Waals surface area contributed by atoms with Crippen molar-refractivity contribution in [1.29, 1.82) is 0 Å². The highest BCUT2D eigenvalue weighted by Crippen LogP contribution is 2.31. The molecule has 36 heavy (non-hydrogen) atoms. The van der Waals surface area contributed by atoms with Crippen molar-refractivity contribution >= 4 is 43.8 Å². The number of anilines is 2. The first-order valence-electron chi connectivity index (χ1n) is 10.8. The van der Waals surface area contributed by atoms with Gasteiger partial charge in [-0.05, 0) is 61.4 Å². The molecule has 3 aromatic heterocycles. The average molecular weight is 511 g/mol. The van der Waals surface area contributed by atoms with Crippen LogP contribution < -0.4 is 10.1 Å². The van der Waals surface area contributed by atoms with Gasteiger partial charge in [0.1, 0.15) is 5.82 Å². The molecule has 5 rings (SSSR count). The van der Waals surface area contributed by atoms with Crippen molar-refractivity contribution in [1.82, 2.24) is 24.9 Å². The monoisotopic (exact) mass is 510 g/mol.